The average molecular weight is 284 g/mol. The molecular formula is C15H28N2O3. The summed E-state index contributed by atoms with van der Waals surface area (Å²) >= 11 is 0. The molecule has 2 fully saturated rings. The molecule has 1 amide bonds. The molecule has 2 rings (SSSR count). The second-order valence-electron chi connectivity index (χ2n) is 6.09. The third-order valence-electron chi connectivity index (χ3n) is 4.46. The van der Waals surface area contributed by atoms with Gasteiger partial charge in [0.1, 0.15) is 0 Å². The predicted octanol–water partition coefficient (Wildman–Crippen LogP) is 0.859. The van der Waals surface area contributed by atoms with Crippen LogP contribution in [0.3, 0.4) is 0 Å². The van der Waals surface area contributed by atoms with Crippen LogP contribution in [-0.4, -0.2) is 71.8 Å². The lowest BCUT2D eigenvalue weighted by Crippen LogP contribution is -2.55. The number of likely N-dealkylation sites (tertiary alicyclic amines) is 1. The molecule has 0 saturated carbocycles. The van der Waals surface area contributed by atoms with Gasteiger partial charge in [0, 0.05) is 19.1 Å². The quantitative estimate of drug-likeness (QED) is 0.832. The number of ether oxygens (including phenoxy) is 1. The summed E-state index contributed by atoms with van der Waals surface area (Å²) in [5, 5.41) is 9.65. The van der Waals surface area contributed by atoms with Crippen molar-refractivity contribution in [1.29, 1.82) is 0 Å². The Bertz CT molecular complexity index is 316. The minimum Gasteiger partial charge on any atom is -0.393 e. The Morgan fingerprint density at radius 1 is 1.25 bits per heavy atom. The lowest BCUT2D eigenvalue weighted by Gasteiger charge is -2.41. The second kappa shape index (κ2) is 7.38. The Kier molecular flexibility index (Phi) is 5.81. The van der Waals surface area contributed by atoms with Crippen LogP contribution in [0.4, 0.5) is 0 Å². The zero-order valence-electron chi connectivity index (χ0n) is 12.8. The van der Waals surface area contributed by atoms with E-state index in [4.69, 9.17) is 4.74 Å². The molecule has 0 aliphatic carbocycles. The van der Waals surface area contributed by atoms with Crippen LogP contribution < -0.4 is 0 Å². The molecule has 2 heterocycles. The summed E-state index contributed by atoms with van der Waals surface area (Å²) < 4.78 is 5.31. The topological polar surface area (TPSA) is 53.0 Å². The number of rotatable bonds is 4. The SMILES string of the molecule is CC(O)CC1CCCCN1C(C)C(=O)N1CCOCC1. The van der Waals surface area contributed by atoms with E-state index in [0.29, 0.717) is 32.3 Å². The zero-order chi connectivity index (χ0) is 14.5. The van der Waals surface area contributed by atoms with E-state index in [1.807, 2.05) is 18.7 Å². The molecule has 2 aliphatic heterocycles. The van der Waals surface area contributed by atoms with Crippen molar-refractivity contribution in [3.8, 4) is 0 Å². The van der Waals surface area contributed by atoms with E-state index >= 15 is 0 Å². The third kappa shape index (κ3) is 3.93. The number of nitrogens with zero attached hydrogens (tertiary/aromatic N) is 2. The van der Waals surface area contributed by atoms with Crippen LogP contribution in [0, 0.1) is 0 Å². The largest absolute Gasteiger partial charge is 0.393 e. The highest BCUT2D eigenvalue weighted by Crippen LogP contribution is 2.24. The first-order chi connectivity index (χ1) is 9.59. The van der Waals surface area contributed by atoms with Crippen molar-refractivity contribution >= 4 is 5.91 Å². The monoisotopic (exact) mass is 284 g/mol. The lowest BCUT2D eigenvalue weighted by atomic mass is 9.95. The van der Waals surface area contributed by atoms with Gasteiger partial charge in [0.05, 0.1) is 25.4 Å². The van der Waals surface area contributed by atoms with E-state index in [0.717, 1.165) is 25.8 Å². The first kappa shape index (κ1) is 15.7. The zero-order valence-corrected chi connectivity index (χ0v) is 12.8. The standard InChI is InChI=1S/C15H28N2O3/c1-12(18)11-14-5-3-4-6-17(14)13(2)15(19)16-7-9-20-10-8-16/h12-14,18H,3-11H2,1-2H3. The van der Waals surface area contributed by atoms with Gasteiger partial charge in [0.15, 0.2) is 0 Å². The fourth-order valence-electron chi connectivity index (χ4n) is 3.37. The fraction of sp³-hybridized carbons (Fsp3) is 0.933. The van der Waals surface area contributed by atoms with Gasteiger partial charge < -0.3 is 14.7 Å². The molecule has 0 aromatic rings. The van der Waals surface area contributed by atoms with Gasteiger partial charge in [-0.25, -0.2) is 0 Å². The predicted molar refractivity (Wildman–Crippen MR) is 77.5 cm³/mol. The van der Waals surface area contributed by atoms with E-state index < -0.39 is 0 Å². The summed E-state index contributed by atoms with van der Waals surface area (Å²) in [5.41, 5.74) is 0. The van der Waals surface area contributed by atoms with Gasteiger partial charge in [-0.05, 0) is 39.7 Å². The molecule has 2 aliphatic rings. The highest BCUT2D eigenvalue weighted by atomic mass is 16.5. The molecule has 20 heavy (non-hydrogen) atoms. The molecule has 5 heteroatoms. The maximum Gasteiger partial charge on any atom is 0.239 e. The molecule has 3 atom stereocenters. The summed E-state index contributed by atoms with van der Waals surface area (Å²) in [5.74, 6) is 0.214. The van der Waals surface area contributed by atoms with Gasteiger partial charge in [-0.3, -0.25) is 9.69 Å². The minimum atomic E-state index is -0.300. The van der Waals surface area contributed by atoms with E-state index in [1.165, 1.54) is 6.42 Å². The number of aliphatic hydroxyl groups is 1. The number of hydrogen-bond donors (Lipinski definition) is 1. The van der Waals surface area contributed by atoms with Gasteiger partial charge >= 0.3 is 0 Å². The van der Waals surface area contributed by atoms with E-state index in [1.54, 1.807) is 0 Å². The number of carbonyl (C=O) groups is 1. The maximum absolute atomic E-state index is 12.6. The van der Waals surface area contributed by atoms with E-state index in [9.17, 15) is 9.90 Å². The first-order valence-electron chi connectivity index (χ1n) is 7.90. The molecule has 2 saturated heterocycles. The Balaban J connectivity index is 1.96. The van der Waals surface area contributed by atoms with Gasteiger partial charge in [0.25, 0.3) is 0 Å². The van der Waals surface area contributed by atoms with Gasteiger partial charge in [0.2, 0.25) is 5.91 Å². The summed E-state index contributed by atoms with van der Waals surface area (Å²) in [6, 6.07) is 0.251. The van der Waals surface area contributed by atoms with Gasteiger partial charge in [-0.1, -0.05) is 6.42 Å². The van der Waals surface area contributed by atoms with Crippen LogP contribution in [0.2, 0.25) is 0 Å². The number of aliphatic hydroxyl groups excluding tert-OH is 1. The van der Waals surface area contributed by atoms with Crippen molar-refractivity contribution in [3.05, 3.63) is 0 Å². The third-order valence-corrected chi connectivity index (χ3v) is 4.46. The maximum atomic E-state index is 12.6. The molecule has 0 radical (unpaired) electrons. The summed E-state index contributed by atoms with van der Waals surface area (Å²) in [6.07, 6.45) is 3.90. The van der Waals surface area contributed by atoms with Gasteiger partial charge in [-0.2, -0.15) is 0 Å². The van der Waals surface area contributed by atoms with Crippen molar-refractivity contribution in [2.75, 3.05) is 32.8 Å². The second-order valence-corrected chi connectivity index (χ2v) is 6.09. The number of carbonyl (C=O) groups excluding carboxylic acids is 1. The minimum absolute atomic E-state index is 0.0860. The Hall–Kier alpha value is -0.650. The fourth-order valence-corrected chi connectivity index (χ4v) is 3.37. The number of morpholine rings is 1. The Labute approximate surface area is 121 Å². The molecule has 5 nitrogen and oxygen atoms in total. The summed E-state index contributed by atoms with van der Waals surface area (Å²) in [6.45, 7) is 7.52. The molecule has 1 N–H and O–H groups in total. The molecule has 0 spiro atoms. The van der Waals surface area contributed by atoms with E-state index in [2.05, 4.69) is 4.90 Å². The van der Waals surface area contributed by atoms with Gasteiger partial charge in [-0.15, -0.1) is 0 Å². The first-order valence-corrected chi connectivity index (χ1v) is 7.90. The van der Waals surface area contributed by atoms with Crippen LogP contribution >= 0.6 is 0 Å². The van der Waals surface area contributed by atoms with Crippen molar-refractivity contribution < 1.29 is 14.6 Å². The molecular weight excluding hydrogens is 256 g/mol. The van der Waals surface area contributed by atoms with Crippen LogP contribution in [0.1, 0.15) is 39.5 Å². The normalized spacial score (nSPS) is 28.1. The van der Waals surface area contributed by atoms with Crippen LogP contribution in [0.25, 0.3) is 0 Å². The number of hydrogen-bond acceptors (Lipinski definition) is 4. The Morgan fingerprint density at radius 3 is 2.60 bits per heavy atom. The molecule has 0 bridgehead atoms. The van der Waals surface area contributed by atoms with Crippen LogP contribution in [-0.2, 0) is 9.53 Å². The molecule has 116 valence electrons. The molecule has 0 aromatic carbocycles. The number of amides is 1. The smallest absolute Gasteiger partial charge is 0.239 e. The Morgan fingerprint density at radius 2 is 1.95 bits per heavy atom. The summed E-state index contributed by atoms with van der Waals surface area (Å²) in [7, 11) is 0. The summed E-state index contributed by atoms with van der Waals surface area (Å²) in [4.78, 5) is 16.8. The lowest BCUT2D eigenvalue weighted by molar-refractivity contribution is -0.142. The molecule has 0 aromatic heterocycles. The highest BCUT2D eigenvalue weighted by molar-refractivity contribution is 5.81. The van der Waals surface area contributed by atoms with Crippen molar-refractivity contribution in [1.82, 2.24) is 9.80 Å². The average Bonchev–Trinajstić information content (AvgIpc) is 2.46. The van der Waals surface area contributed by atoms with Crippen molar-refractivity contribution in [2.24, 2.45) is 0 Å². The van der Waals surface area contributed by atoms with Crippen molar-refractivity contribution in [3.63, 3.8) is 0 Å². The van der Waals surface area contributed by atoms with Crippen molar-refractivity contribution in [2.45, 2.75) is 57.7 Å². The highest BCUT2D eigenvalue weighted by Gasteiger charge is 2.33. The number of piperidine rings is 1. The van der Waals surface area contributed by atoms with E-state index in [-0.39, 0.29) is 18.1 Å². The van der Waals surface area contributed by atoms with Crippen LogP contribution in [0.15, 0.2) is 0 Å². The molecule has 3 unspecified atom stereocenters. The van der Waals surface area contributed by atoms with Crippen LogP contribution in [0.5, 0.6) is 0 Å².